The van der Waals surface area contributed by atoms with Gasteiger partial charge in [0.15, 0.2) is 0 Å². The molecule has 0 fully saturated rings. The topological polar surface area (TPSA) is 32.7 Å². The maximum absolute atomic E-state index is 10.2. The minimum atomic E-state index is 0.642. The summed E-state index contributed by atoms with van der Waals surface area (Å²) in [6.45, 7) is 0. The summed E-state index contributed by atoms with van der Waals surface area (Å²) in [5, 5.41) is 4.35. The number of benzene rings is 1. The molecule has 0 aliphatic carbocycles. The number of nitrogens with zero attached hydrogens (tertiary/aromatic N) is 2. The Hall–Kier alpha value is -1.03. The van der Waals surface area contributed by atoms with E-state index in [-0.39, 0.29) is 0 Å². The van der Waals surface area contributed by atoms with Gasteiger partial charge in [0.25, 0.3) is 0 Å². The second-order valence-electron chi connectivity index (χ2n) is 2.22. The molecule has 1 aliphatic rings. The molecule has 0 saturated carbocycles. The molecule has 0 amide bonds. The van der Waals surface area contributed by atoms with Crippen LogP contribution in [-0.4, -0.2) is 5.88 Å². The average molecular weight is 166 g/mol. The van der Waals surface area contributed by atoms with Gasteiger partial charge >= 0.3 is 0 Å². The van der Waals surface area contributed by atoms with Crippen molar-refractivity contribution in [3.05, 3.63) is 29.2 Å². The van der Waals surface area contributed by atoms with Crippen LogP contribution >= 0.6 is 11.8 Å². The Balaban J connectivity index is 2.46. The van der Waals surface area contributed by atoms with Crippen molar-refractivity contribution < 1.29 is 0 Å². The van der Waals surface area contributed by atoms with E-state index in [4.69, 9.17) is 0 Å². The van der Waals surface area contributed by atoms with Gasteiger partial charge in [0, 0.05) is 4.90 Å². The number of para-hydroxylation sites is 1. The summed E-state index contributed by atoms with van der Waals surface area (Å²) in [7, 11) is 0. The van der Waals surface area contributed by atoms with Crippen molar-refractivity contribution in [1.82, 2.24) is 0 Å². The van der Waals surface area contributed by atoms with E-state index in [0.29, 0.717) is 5.88 Å². The molecule has 0 radical (unpaired) electrons. The van der Waals surface area contributed by atoms with Crippen LogP contribution in [0.25, 0.3) is 0 Å². The van der Waals surface area contributed by atoms with E-state index in [2.05, 4.69) is 5.29 Å². The molecule has 0 N–H and O–H groups in total. The normalized spacial score (nSPS) is 14.7. The number of hydrogen-bond donors (Lipinski definition) is 0. The summed E-state index contributed by atoms with van der Waals surface area (Å²) in [6.07, 6.45) is 0. The van der Waals surface area contributed by atoms with Crippen molar-refractivity contribution >= 4 is 17.4 Å². The first-order chi connectivity index (χ1) is 5.42. The van der Waals surface area contributed by atoms with E-state index in [9.17, 15) is 4.91 Å². The predicted octanol–water partition coefficient (Wildman–Crippen LogP) is 2.24. The number of thioether (sulfide) groups is 1. The van der Waals surface area contributed by atoms with Crippen LogP contribution in [0.2, 0.25) is 0 Å². The van der Waals surface area contributed by atoms with Gasteiger partial charge < -0.3 is 0 Å². The Kier molecular flexibility index (Phi) is 1.54. The van der Waals surface area contributed by atoms with E-state index in [1.807, 2.05) is 24.3 Å². The molecule has 1 heterocycles. The lowest BCUT2D eigenvalue weighted by Gasteiger charge is -2.04. The number of nitroso groups, excluding NO2 is 1. The van der Waals surface area contributed by atoms with Gasteiger partial charge in [-0.05, 0) is 12.1 Å². The Morgan fingerprint density at radius 3 is 3.09 bits per heavy atom. The van der Waals surface area contributed by atoms with Crippen molar-refractivity contribution in [3.8, 4) is 0 Å². The molecule has 2 rings (SSSR count). The highest BCUT2D eigenvalue weighted by molar-refractivity contribution is 7.99. The minimum absolute atomic E-state index is 0.642. The van der Waals surface area contributed by atoms with Crippen LogP contribution in [0, 0.1) is 4.91 Å². The van der Waals surface area contributed by atoms with Gasteiger partial charge in [-0.3, -0.25) is 0 Å². The first-order valence-corrected chi connectivity index (χ1v) is 4.23. The summed E-state index contributed by atoms with van der Waals surface area (Å²) in [6, 6.07) is 7.75. The van der Waals surface area contributed by atoms with Gasteiger partial charge in [-0.25, -0.2) is 5.01 Å². The highest BCUT2D eigenvalue weighted by Crippen LogP contribution is 2.37. The largest absolute Gasteiger partial charge is 0.218 e. The molecule has 0 saturated heterocycles. The molecule has 1 aromatic carbocycles. The van der Waals surface area contributed by atoms with Crippen LogP contribution in [0.4, 0.5) is 5.69 Å². The maximum Gasteiger partial charge on any atom is 0.0949 e. The van der Waals surface area contributed by atoms with Crippen LogP contribution in [0.1, 0.15) is 0 Å². The Morgan fingerprint density at radius 2 is 2.27 bits per heavy atom. The van der Waals surface area contributed by atoms with Crippen LogP contribution in [0.3, 0.4) is 0 Å². The molecule has 1 aromatic rings. The molecule has 0 spiro atoms. The zero-order valence-electron chi connectivity index (χ0n) is 5.73. The fourth-order valence-electron chi connectivity index (χ4n) is 1.06. The van der Waals surface area contributed by atoms with Gasteiger partial charge in [-0.15, -0.1) is 4.91 Å². The SMILES string of the molecule is O=NN1CSc2ccccc21. The van der Waals surface area contributed by atoms with E-state index in [0.717, 1.165) is 10.6 Å². The molecule has 0 unspecified atom stereocenters. The van der Waals surface area contributed by atoms with E-state index in [1.54, 1.807) is 11.8 Å². The van der Waals surface area contributed by atoms with Crippen LogP contribution in [0.5, 0.6) is 0 Å². The first-order valence-electron chi connectivity index (χ1n) is 3.24. The van der Waals surface area contributed by atoms with Crippen molar-refractivity contribution in [2.24, 2.45) is 5.29 Å². The Bertz CT molecular complexity index is 290. The molecule has 0 bridgehead atoms. The third-order valence-electron chi connectivity index (χ3n) is 1.58. The highest BCUT2D eigenvalue weighted by Gasteiger charge is 2.18. The molecular weight excluding hydrogens is 160 g/mol. The molecule has 4 heteroatoms. The van der Waals surface area contributed by atoms with Gasteiger partial charge in [0.2, 0.25) is 0 Å². The zero-order valence-corrected chi connectivity index (χ0v) is 6.54. The number of rotatable bonds is 1. The lowest BCUT2D eigenvalue weighted by atomic mass is 10.3. The number of fused-ring (bicyclic) bond motifs is 1. The van der Waals surface area contributed by atoms with Gasteiger partial charge in [0.1, 0.15) is 0 Å². The van der Waals surface area contributed by atoms with Crippen molar-refractivity contribution in [2.45, 2.75) is 4.90 Å². The molecule has 3 nitrogen and oxygen atoms in total. The maximum atomic E-state index is 10.2. The highest BCUT2D eigenvalue weighted by atomic mass is 32.2. The minimum Gasteiger partial charge on any atom is -0.218 e. The van der Waals surface area contributed by atoms with E-state index >= 15 is 0 Å². The third-order valence-corrected chi connectivity index (χ3v) is 2.61. The van der Waals surface area contributed by atoms with Crippen LogP contribution < -0.4 is 5.01 Å². The molecule has 0 aromatic heterocycles. The predicted molar refractivity (Wildman–Crippen MR) is 45.4 cm³/mol. The molecule has 0 atom stereocenters. The fraction of sp³-hybridized carbons (Fsp3) is 0.143. The van der Waals surface area contributed by atoms with Crippen molar-refractivity contribution in [2.75, 3.05) is 10.9 Å². The van der Waals surface area contributed by atoms with Crippen molar-refractivity contribution in [3.63, 3.8) is 0 Å². The Labute approximate surface area is 68.3 Å². The van der Waals surface area contributed by atoms with E-state index < -0.39 is 0 Å². The summed E-state index contributed by atoms with van der Waals surface area (Å²) in [4.78, 5) is 11.4. The summed E-state index contributed by atoms with van der Waals surface area (Å²) in [5.41, 5.74) is 0.924. The summed E-state index contributed by atoms with van der Waals surface area (Å²) in [5.74, 6) is 0.642. The summed E-state index contributed by atoms with van der Waals surface area (Å²) >= 11 is 1.63. The molecular formula is C7H6N2OS. The Morgan fingerprint density at radius 1 is 1.45 bits per heavy atom. The van der Waals surface area contributed by atoms with Crippen molar-refractivity contribution in [1.29, 1.82) is 0 Å². The van der Waals surface area contributed by atoms with Crippen LogP contribution in [0.15, 0.2) is 34.4 Å². The smallest absolute Gasteiger partial charge is 0.0949 e. The first kappa shape index (κ1) is 6.67. The quantitative estimate of drug-likeness (QED) is 0.600. The fourth-order valence-corrected chi connectivity index (χ4v) is 2.00. The third kappa shape index (κ3) is 0.991. The average Bonchev–Trinajstić information content (AvgIpc) is 2.47. The molecule has 56 valence electrons. The summed E-state index contributed by atoms with van der Waals surface area (Å²) < 4.78 is 0. The van der Waals surface area contributed by atoms with Crippen LogP contribution in [-0.2, 0) is 0 Å². The standard InChI is InChI=1S/C7H6N2OS/c10-8-9-5-11-7-4-2-1-3-6(7)9/h1-4H,5H2. The monoisotopic (exact) mass is 166 g/mol. The lowest BCUT2D eigenvalue weighted by molar-refractivity contribution is 0.984. The van der Waals surface area contributed by atoms with Gasteiger partial charge in [0.05, 0.1) is 16.9 Å². The zero-order chi connectivity index (χ0) is 7.68. The second kappa shape index (κ2) is 2.54. The van der Waals surface area contributed by atoms with Gasteiger partial charge in [-0.1, -0.05) is 23.9 Å². The lowest BCUT2D eigenvalue weighted by Crippen LogP contribution is -2.08. The van der Waals surface area contributed by atoms with Gasteiger partial charge in [-0.2, -0.15) is 0 Å². The molecule has 11 heavy (non-hydrogen) atoms. The van der Waals surface area contributed by atoms with E-state index in [1.165, 1.54) is 5.01 Å². The number of hydrogen-bond acceptors (Lipinski definition) is 3. The second-order valence-corrected chi connectivity index (χ2v) is 3.21. The molecule has 1 aliphatic heterocycles. The number of anilines is 1.